The molecule has 4 rings (SSSR count). The molecule has 4 aromatic rings. The van der Waals surface area contributed by atoms with E-state index in [9.17, 15) is 18.8 Å². The van der Waals surface area contributed by atoms with E-state index in [1.54, 1.807) is 51.1 Å². The number of hydrogen-bond acceptors (Lipinski definition) is 5. The van der Waals surface area contributed by atoms with Gasteiger partial charge in [0.15, 0.2) is 0 Å². The maximum Gasteiger partial charge on any atom is 0.338 e. The summed E-state index contributed by atoms with van der Waals surface area (Å²) in [7, 11) is 0. The Kier molecular flexibility index (Phi) is 11.5. The first kappa shape index (κ1) is 32.9. The number of hydrogen-bond donors (Lipinski definition) is 2. The molecule has 4 aromatic carbocycles. The summed E-state index contributed by atoms with van der Waals surface area (Å²) in [5.41, 5.74) is 3.24. The third kappa shape index (κ3) is 10.6. The highest BCUT2D eigenvalue weighted by Gasteiger charge is 2.35. The first-order chi connectivity index (χ1) is 21.6. The second-order valence-electron chi connectivity index (χ2n) is 11.7. The molecule has 0 aliphatic rings. The molecule has 2 amide bonds. The first-order valence-corrected chi connectivity index (χ1v) is 15.0. The SMILES string of the molecule is CC(C)(C)OC(=O)C(CCNC(=O)Nc1ccc(F)cc1)C(CCc1ccc(-c2ccccc2)cc1)OC(=O)c1ccccc1. The van der Waals surface area contributed by atoms with Gasteiger partial charge in [-0.15, -0.1) is 0 Å². The molecule has 0 spiro atoms. The van der Waals surface area contributed by atoms with Gasteiger partial charge in [-0.2, -0.15) is 0 Å². The highest BCUT2D eigenvalue weighted by Crippen LogP contribution is 2.25. The van der Waals surface area contributed by atoms with Crippen molar-refractivity contribution in [1.82, 2.24) is 5.32 Å². The Morgan fingerprint density at radius 1 is 0.756 bits per heavy atom. The highest BCUT2D eigenvalue weighted by molar-refractivity contribution is 5.90. The van der Waals surface area contributed by atoms with Gasteiger partial charge in [-0.05, 0) is 93.1 Å². The van der Waals surface area contributed by atoms with Crippen LogP contribution in [-0.2, 0) is 20.7 Å². The Hall–Kier alpha value is -4.98. The fourth-order valence-electron chi connectivity index (χ4n) is 4.81. The van der Waals surface area contributed by atoms with Gasteiger partial charge in [0.05, 0.1) is 11.5 Å². The van der Waals surface area contributed by atoms with Crippen molar-refractivity contribution in [3.8, 4) is 11.1 Å². The van der Waals surface area contributed by atoms with Crippen LogP contribution in [0.2, 0.25) is 0 Å². The van der Waals surface area contributed by atoms with Crippen LogP contribution in [0.25, 0.3) is 11.1 Å². The molecule has 0 radical (unpaired) electrons. The number of esters is 2. The van der Waals surface area contributed by atoms with Crippen LogP contribution in [0.1, 0.15) is 49.5 Å². The molecule has 0 saturated heterocycles. The summed E-state index contributed by atoms with van der Waals surface area (Å²) in [5, 5.41) is 5.38. The molecule has 0 aliphatic heterocycles. The average Bonchev–Trinajstić information content (AvgIpc) is 3.03. The maximum absolute atomic E-state index is 13.6. The minimum Gasteiger partial charge on any atom is -0.460 e. The summed E-state index contributed by atoms with van der Waals surface area (Å²) >= 11 is 0. The number of benzene rings is 4. The van der Waals surface area contributed by atoms with E-state index in [1.807, 2.05) is 54.6 Å². The van der Waals surface area contributed by atoms with Crippen molar-refractivity contribution < 1.29 is 28.2 Å². The molecule has 0 aliphatic carbocycles. The van der Waals surface area contributed by atoms with Crippen LogP contribution in [0.5, 0.6) is 0 Å². The van der Waals surface area contributed by atoms with Crippen molar-refractivity contribution in [2.75, 3.05) is 11.9 Å². The average molecular weight is 611 g/mol. The maximum atomic E-state index is 13.6. The number of rotatable bonds is 12. The highest BCUT2D eigenvalue weighted by atomic mass is 19.1. The van der Waals surface area contributed by atoms with E-state index in [0.717, 1.165) is 16.7 Å². The van der Waals surface area contributed by atoms with Crippen LogP contribution >= 0.6 is 0 Å². The molecule has 2 atom stereocenters. The van der Waals surface area contributed by atoms with Gasteiger partial charge in [0, 0.05) is 12.2 Å². The standard InChI is InChI=1S/C37H39FN2O5/c1-37(2,3)45-35(42)32(24-25-39-36(43)40-31-21-19-30(38)20-22-31)33(44-34(41)29-12-8-5-9-13-29)23-16-26-14-17-28(18-15-26)27-10-6-4-7-11-27/h4-15,17-22,32-33H,16,23-25H2,1-3H3,(H2,39,40,43). The van der Waals surface area contributed by atoms with Crippen LogP contribution in [0.15, 0.2) is 109 Å². The van der Waals surface area contributed by atoms with E-state index in [2.05, 4.69) is 10.6 Å². The Labute approximate surface area is 263 Å². The van der Waals surface area contributed by atoms with Gasteiger partial charge in [-0.25, -0.2) is 14.0 Å². The first-order valence-electron chi connectivity index (χ1n) is 15.0. The van der Waals surface area contributed by atoms with Crippen molar-refractivity contribution in [2.45, 2.75) is 51.7 Å². The lowest BCUT2D eigenvalue weighted by Crippen LogP contribution is -2.40. The zero-order chi connectivity index (χ0) is 32.2. The molecule has 0 heterocycles. The molecule has 0 aromatic heterocycles. The number of amides is 2. The number of carbonyl (C=O) groups excluding carboxylic acids is 3. The summed E-state index contributed by atoms with van der Waals surface area (Å²) in [6.07, 6.45) is 0.225. The lowest BCUT2D eigenvalue weighted by atomic mass is 9.92. The van der Waals surface area contributed by atoms with Crippen LogP contribution in [0.3, 0.4) is 0 Å². The summed E-state index contributed by atoms with van der Waals surface area (Å²) in [5.74, 6) is -2.33. The van der Waals surface area contributed by atoms with E-state index in [-0.39, 0.29) is 13.0 Å². The number of anilines is 1. The molecule has 234 valence electrons. The van der Waals surface area contributed by atoms with E-state index in [0.29, 0.717) is 24.1 Å². The molecule has 0 saturated carbocycles. The van der Waals surface area contributed by atoms with Crippen LogP contribution in [0.4, 0.5) is 14.9 Å². The normalized spacial score (nSPS) is 12.4. The second-order valence-corrected chi connectivity index (χ2v) is 11.7. The van der Waals surface area contributed by atoms with Crippen LogP contribution in [0, 0.1) is 11.7 Å². The second kappa shape index (κ2) is 15.7. The number of urea groups is 1. The summed E-state index contributed by atoms with van der Waals surface area (Å²) in [4.78, 5) is 39.3. The predicted octanol–water partition coefficient (Wildman–Crippen LogP) is 7.82. The molecular formula is C37H39FN2O5. The molecule has 2 unspecified atom stereocenters. The van der Waals surface area contributed by atoms with Crippen molar-refractivity contribution in [3.63, 3.8) is 0 Å². The molecule has 0 bridgehead atoms. The van der Waals surface area contributed by atoms with E-state index >= 15 is 0 Å². The Bertz CT molecular complexity index is 1540. The molecule has 45 heavy (non-hydrogen) atoms. The van der Waals surface area contributed by atoms with Crippen molar-refractivity contribution >= 4 is 23.7 Å². The van der Waals surface area contributed by atoms with Gasteiger partial charge < -0.3 is 20.1 Å². The zero-order valence-electron chi connectivity index (χ0n) is 25.8. The van der Waals surface area contributed by atoms with E-state index < -0.39 is 41.4 Å². The number of aryl methyl sites for hydroxylation is 1. The quantitative estimate of drug-likeness (QED) is 0.160. The van der Waals surface area contributed by atoms with E-state index in [1.165, 1.54) is 24.3 Å². The van der Waals surface area contributed by atoms with Gasteiger partial charge in [0.25, 0.3) is 0 Å². The topological polar surface area (TPSA) is 93.7 Å². The number of halogens is 1. The molecule has 7 nitrogen and oxygen atoms in total. The fourth-order valence-corrected chi connectivity index (χ4v) is 4.81. The third-order valence-electron chi connectivity index (χ3n) is 7.05. The van der Waals surface area contributed by atoms with Gasteiger partial charge >= 0.3 is 18.0 Å². The largest absolute Gasteiger partial charge is 0.460 e. The minimum absolute atomic E-state index is 0.0993. The number of ether oxygens (including phenoxy) is 2. The Balaban J connectivity index is 1.51. The van der Waals surface area contributed by atoms with Crippen molar-refractivity contribution in [2.24, 2.45) is 5.92 Å². The Morgan fingerprint density at radius 3 is 1.98 bits per heavy atom. The monoisotopic (exact) mass is 610 g/mol. The smallest absolute Gasteiger partial charge is 0.338 e. The number of nitrogens with one attached hydrogen (secondary N) is 2. The lowest BCUT2D eigenvalue weighted by molar-refractivity contribution is -0.164. The Morgan fingerprint density at radius 2 is 1.36 bits per heavy atom. The molecule has 0 fully saturated rings. The zero-order valence-corrected chi connectivity index (χ0v) is 25.8. The lowest BCUT2D eigenvalue weighted by Gasteiger charge is -2.29. The van der Waals surface area contributed by atoms with Crippen molar-refractivity contribution in [1.29, 1.82) is 0 Å². The number of carbonyl (C=O) groups is 3. The van der Waals surface area contributed by atoms with Gasteiger partial charge in [-0.3, -0.25) is 4.79 Å². The molecule has 2 N–H and O–H groups in total. The summed E-state index contributed by atoms with van der Waals surface area (Å²) in [6, 6.07) is 31.7. The van der Waals surface area contributed by atoms with Crippen molar-refractivity contribution in [3.05, 3.63) is 126 Å². The third-order valence-corrected chi connectivity index (χ3v) is 7.05. The minimum atomic E-state index is -0.855. The van der Waals surface area contributed by atoms with Gasteiger partial charge in [0.2, 0.25) is 0 Å². The molecule has 8 heteroatoms. The van der Waals surface area contributed by atoms with Gasteiger partial charge in [0.1, 0.15) is 17.5 Å². The molecular weight excluding hydrogens is 571 g/mol. The summed E-state index contributed by atoms with van der Waals surface area (Å²) in [6.45, 7) is 5.42. The summed E-state index contributed by atoms with van der Waals surface area (Å²) < 4.78 is 25.0. The van der Waals surface area contributed by atoms with Crippen LogP contribution in [-0.4, -0.2) is 36.2 Å². The fraction of sp³-hybridized carbons (Fsp3) is 0.270. The van der Waals surface area contributed by atoms with E-state index in [4.69, 9.17) is 9.47 Å². The van der Waals surface area contributed by atoms with Gasteiger partial charge in [-0.1, -0.05) is 72.8 Å². The van der Waals surface area contributed by atoms with Crippen LogP contribution < -0.4 is 10.6 Å². The predicted molar refractivity (Wildman–Crippen MR) is 173 cm³/mol.